The number of fused-ring (bicyclic) bond motifs is 2. The molecule has 2 N–H and O–H groups in total. The number of para-hydroxylation sites is 3. The van der Waals surface area contributed by atoms with Crippen molar-refractivity contribution < 1.29 is 4.79 Å². The van der Waals surface area contributed by atoms with E-state index in [9.17, 15) is 4.79 Å². The standard InChI is InChI=1S/C18H16N4OS2/c23-17(11-24-18-22-14-7-3-4-8-15(14)25-18)19-10-9-16-20-12-5-1-2-6-13(12)21-16/h1-8H,9-11H2,(H,19,23)(H,20,21). The van der Waals surface area contributed by atoms with E-state index >= 15 is 0 Å². The minimum atomic E-state index is 0.0142. The molecule has 4 aromatic rings. The largest absolute Gasteiger partial charge is 0.355 e. The zero-order valence-corrected chi connectivity index (χ0v) is 15.0. The molecule has 2 aromatic heterocycles. The van der Waals surface area contributed by atoms with E-state index in [-0.39, 0.29) is 5.91 Å². The summed E-state index contributed by atoms with van der Waals surface area (Å²) >= 11 is 3.10. The van der Waals surface area contributed by atoms with Gasteiger partial charge in [-0.2, -0.15) is 0 Å². The number of aromatic nitrogens is 3. The molecular formula is C18H16N4OS2. The Kier molecular flexibility index (Phi) is 4.67. The highest BCUT2D eigenvalue weighted by molar-refractivity contribution is 8.01. The fourth-order valence-electron chi connectivity index (χ4n) is 2.54. The Morgan fingerprint density at radius 3 is 2.72 bits per heavy atom. The van der Waals surface area contributed by atoms with E-state index in [1.807, 2.05) is 48.5 Å². The summed E-state index contributed by atoms with van der Waals surface area (Å²) in [5, 5.41) is 2.94. The van der Waals surface area contributed by atoms with Crippen molar-refractivity contribution in [2.24, 2.45) is 0 Å². The minimum Gasteiger partial charge on any atom is -0.355 e. The first-order valence-electron chi connectivity index (χ1n) is 7.96. The van der Waals surface area contributed by atoms with E-state index in [1.54, 1.807) is 11.3 Å². The molecule has 0 atom stereocenters. The highest BCUT2D eigenvalue weighted by atomic mass is 32.2. The molecule has 25 heavy (non-hydrogen) atoms. The topological polar surface area (TPSA) is 70.7 Å². The van der Waals surface area contributed by atoms with Gasteiger partial charge in [-0.1, -0.05) is 36.0 Å². The number of benzene rings is 2. The summed E-state index contributed by atoms with van der Waals surface area (Å²) in [5.74, 6) is 1.28. The highest BCUT2D eigenvalue weighted by Gasteiger charge is 2.08. The lowest BCUT2D eigenvalue weighted by Crippen LogP contribution is -2.27. The summed E-state index contributed by atoms with van der Waals surface area (Å²) in [7, 11) is 0. The van der Waals surface area contributed by atoms with E-state index < -0.39 is 0 Å². The first-order chi connectivity index (χ1) is 12.3. The fraction of sp³-hybridized carbons (Fsp3) is 0.167. The quantitative estimate of drug-likeness (QED) is 0.510. The number of imidazole rings is 1. The van der Waals surface area contributed by atoms with Gasteiger partial charge in [-0.05, 0) is 24.3 Å². The molecule has 0 radical (unpaired) electrons. The third-order valence-corrected chi connectivity index (χ3v) is 5.90. The Hall–Kier alpha value is -2.38. The number of thiazole rings is 1. The molecule has 0 bridgehead atoms. The predicted octanol–water partition coefficient (Wildman–Crippen LogP) is 3.62. The molecule has 7 heteroatoms. The minimum absolute atomic E-state index is 0.0142. The molecule has 0 fully saturated rings. The molecule has 0 saturated heterocycles. The van der Waals surface area contributed by atoms with Crippen molar-refractivity contribution in [1.29, 1.82) is 0 Å². The molecule has 0 aliphatic rings. The van der Waals surface area contributed by atoms with Crippen LogP contribution in [0.5, 0.6) is 0 Å². The van der Waals surface area contributed by atoms with Crippen LogP contribution in [0.1, 0.15) is 5.82 Å². The Morgan fingerprint density at radius 1 is 1.08 bits per heavy atom. The third kappa shape index (κ3) is 3.83. The zero-order chi connectivity index (χ0) is 17.1. The second kappa shape index (κ2) is 7.25. The molecule has 2 heterocycles. The average molecular weight is 368 g/mol. The number of nitrogens with zero attached hydrogens (tertiary/aromatic N) is 2. The van der Waals surface area contributed by atoms with E-state index in [0.29, 0.717) is 18.7 Å². The Bertz CT molecular complexity index is 958. The number of amides is 1. The van der Waals surface area contributed by atoms with Gasteiger partial charge >= 0.3 is 0 Å². The zero-order valence-electron chi connectivity index (χ0n) is 13.4. The van der Waals surface area contributed by atoms with Crippen LogP contribution in [0.15, 0.2) is 52.9 Å². The van der Waals surface area contributed by atoms with Crippen LogP contribution in [0, 0.1) is 0 Å². The van der Waals surface area contributed by atoms with Crippen molar-refractivity contribution in [3.05, 3.63) is 54.4 Å². The molecule has 4 rings (SSSR count). The lowest BCUT2D eigenvalue weighted by atomic mass is 10.3. The van der Waals surface area contributed by atoms with Crippen molar-refractivity contribution in [3.8, 4) is 0 Å². The van der Waals surface area contributed by atoms with Crippen LogP contribution in [0.3, 0.4) is 0 Å². The SMILES string of the molecule is O=C(CSc1nc2ccccc2s1)NCCc1nc2ccccc2[nH]1. The summed E-state index contributed by atoms with van der Waals surface area (Å²) in [5.41, 5.74) is 2.96. The van der Waals surface area contributed by atoms with Gasteiger partial charge in [0.2, 0.25) is 5.91 Å². The monoisotopic (exact) mass is 368 g/mol. The summed E-state index contributed by atoms with van der Waals surface area (Å²) in [4.78, 5) is 24.3. The van der Waals surface area contributed by atoms with Crippen molar-refractivity contribution in [2.45, 2.75) is 10.8 Å². The van der Waals surface area contributed by atoms with E-state index in [2.05, 4.69) is 20.3 Å². The van der Waals surface area contributed by atoms with Crippen molar-refractivity contribution >= 4 is 50.3 Å². The molecule has 0 spiro atoms. The molecule has 0 aliphatic heterocycles. The van der Waals surface area contributed by atoms with Crippen LogP contribution in [-0.2, 0) is 11.2 Å². The summed E-state index contributed by atoms with van der Waals surface area (Å²) < 4.78 is 2.07. The lowest BCUT2D eigenvalue weighted by molar-refractivity contribution is -0.118. The van der Waals surface area contributed by atoms with Crippen LogP contribution < -0.4 is 5.32 Å². The molecule has 126 valence electrons. The van der Waals surface area contributed by atoms with Crippen LogP contribution in [0.2, 0.25) is 0 Å². The second-order valence-corrected chi connectivity index (χ2v) is 7.79. The number of thioether (sulfide) groups is 1. The summed E-state index contributed by atoms with van der Waals surface area (Å²) in [6.07, 6.45) is 0.687. The Morgan fingerprint density at radius 2 is 1.88 bits per heavy atom. The fourth-order valence-corrected chi connectivity index (χ4v) is 4.43. The number of hydrogen-bond acceptors (Lipinski definition) is 5. The summed E-state index contributed by atoms with van der Waals surface area (Å²) in [6.45, 7) is 0.569. The van der Waals surface area contributed by atoms with Gasteiger partial charge in [0.25, 0.3) is 0 Å². The van der Waals surface area contributed by atoms with Gasteiger partial charge in [0.05, 0.1) is 27.0 Å². The Labute approximate surface area is 152 Å². The van der Waals surface area contributed by atoms with Gasteiger partial charge in [0.15, 0.2) is 4.34 Å². The first-order valence-corrected chi connectivity index (χ1v) is 9.77. The molecular weight excluding hydrogens is 352 g/mol. The van der Waals surface area contributed by atoms with Gasteiger partial charge < -0.3 is 10.3 Å². The number of aromatic amines is 1. The Balaban J connectivity index is 1.26. The summed E-state index contributed by atoms with van der Waals surface area (Å²) in [6, 6.07) is 15.9. The number of hydrogen-bond donors (Lipinski definition) is 2. The molecule has 1 amide bonds. The van der Waals surface area contributed by atoms with Gasteiger partial charge in [-0.25, -0.2) is 9.97 Å². The number of carbonyl (C=O) groups excluding carboxylic acids is 1. The second-order valence-electron chi connectivity index (χ2n) is 5.54. The number of rotatable bonds is 6. The highest BCUT2D eigenvalue weighted by Crippen LogP contribution is 2.28. The first kappa shape index (κ1) is 16.1. The molecule has 2 aromatic carbocycles. The molecule has 5 nitrogen and oxygen atoms in total. The van der Waals surface area contributed by atoms with Crippen molar-refractivity contribution in [1.82, 2.24) is 20.3 Å². The van der Waals surface area contributed by atoms with Crippen LogP contribution in [0.25, 0.3) is 21.3 Å². The normalized spacial score (nSPS) is 11.2. The van der Waals surface area contributed by atoms with E-state index in [1.165, 1.54) is 11.8 Å². The lowest BCUT2D eigenvalue weighted by Gasteiger charge is -2.02. The van der Waals surface area contributed by atoms with Crippen molar-refractivity contribution in [2.75, 3.05) is 12.3 Å². The number of carbonyl (C=O) groups is 1. The van der Waals surface area contributed by atoms with Gasteiger partial charge in [-0.3, -0.25) is 4.79 Å². The molecule has 0 aliphatic carbocycles. The average Bonchev–Trinajstić information content (AvgIpc) is 3.23. The maximum Gasteiger partial charge on any atom is 0.230 e. The third-order valence-electron chi connectivity index (χ3n) is 3.72. The van der Waals surface area contributed by atoms with E-state index in [0.717, 1.165) is 31.4 Å². The van der Waals surface area contributed by atoms with Gasteiger partial charge in [0, 0.05) is 13.0 Å². The van der Waals surface area contributed by atoms with Crippen molar-refractivity contribution in [3.63, 3.8) is 0 Å². The van der Waals surface area contributed by atoms with E-state index in [4.69, 9.17) is 0 Å². The smallest absolute Gasteiger partial charge is 0.230 e. The maximum atomic E-state index is 12.0. The number of nitrogens with one attached hydrogen (secondary N) is 2. The van der Waals surface area contributed by atoms with Crippen LogP contribution in [0.4, 0.5) is 0 Å². The predicted molar refractivity (Wildman–Crippen MR) is 103 cm³/mol. The van der Waals surface area contributed by atoms with Gasteiger partial charge in [0.1, 0.15) is 5.82 Å². The maximum absolute atomic E-state index is 12.0. The van der Waals surface area contributed by atoms with Crippen LogP contribution in [-0.4, -0.2) is 33.2 Å². The van der Waals surface area contributed by atoms with Crippen LogP contribution >= 0.6 is 23.1 Å². The molecule has 0 saturated carbocycles. The number of H-pyrrole nitrogens is 1. The molecule has 0 unspecified atom stereocenters. The van der Waals surface area contributed by atoms with Gasteiger partial charge in [-0.15, -0.1) is 11.3 Å².